The molecule has 1 saturated heterocycles. The predicted molar refractivity (Wildman–Crippen MR) is 83.0 cm³/mol. The molecule has 2 aliphatic rings. The highest BCUT2D eigenvalue weighted by Crippen LogP contribution is 2.45. The molecule has 5 heteroatoms. The van der Waals surface area contributed by atoms with Crippen LogP contribution in [0.4, 0.5) is 4.79 Å². The number of nitrogens with zero attached hydrogens (tertiary/aromatic N) is 1. The van der Waals surface area contributed by atoms with Gasteiger partial charge in [-0.15, -0.1) is 0 Å². The Morgan fingerprint density at radius 2 is 1.71 bits per heavy atom. The Balaban J connectivity index is 1.64. The standard InChI is InChI=1S/C16H29N3O2/c1-13(2)18-14(20)5-10-17-15(21)19-11-8-16(9-12-19)6-3-4-7-16/h13H,3-12H2,1-2H3,(H,17,21)(H,18,20). The molecule has 1 aliphatic heterocycles. The van der Waals surface area contributed by atoms with Crippen molar-refractivity contribution in [2.75, 3.05) is 19.6 Å². The van der Waals surface area contributed by atoms with E-state index in [1.165, 1.54) is 25.7 Å². The Bertz CT molecular complexity index is 366. The molecule has 0 radical (unpaired) electrons. The van der Waals surface area contributed by atoms with E-state index in [-0.39, 0.29) is 18.0 Å². The maximum absolute atomic E-state index is 12.1. The molecule has 2 N–H and O–H groups in total. The summed E-state index contributed by atoms with van der Waals surface area (Å²) >= 11 is 0. The van der Waals surface area contributed by atoms with Crippen molar-refractivity contribution >= 4 is 11.9 Å². The number of rotatable bonds is 4. The summed E-state index contributed by atoms with van der Waals surface area (Å²) in [5.41, 5.74) is 0.536. The number of likely N-dealkylation sites (tertiary alicyclic amines) is 1. The lowest BCUT2D eigenvalue weighted by molar-refractivity contribution is -0.121. The SMILES string of the molecule is CC(C)NC(=O)CCNC(=O)N1CCC2(CCCC2)CC1. The predicted octanol–water partition coefficient (Wildman–Crippen LogP) is 2.27. The van der Waals surface area contributed by atoms with Crippen LogP contribution in [-0.4, -0.2) is 42.5 Å². The Morgan fingerprint density at radius 3 is 2.29 bits per heavy atom. The van der Waals surface area contributed by atoms with Crippen molar-refractivity contribution in [2.24, 2.45) is 5.41 Å². The molecule has 2 rings (SSSR count). The summed E-state index contributed by atoms with van der Waals surface area (Å²) in [7, 11) is 0. The average molecular weight is 295 g/mol. The number of urea groups is 1. The van der Waals surface area contributed by atoms with Crippen molar-refractivity contribution < 1.29 is 9.59 Å². The fourth-order valence-corrected chi connectivity index (χ4v) is 3.60. The molecule has 3 amide bonds. The summed E-state index contributed by atoms with van der Waals surface area (Å²) in [5, 5.41) is 5.69. The Labute approximate surface area is 127 Å². The van der Waals surface area contributed by atoms with Crippen molar-refractivity contribution in [3.8, 4) is 0 Å². The van der Waals surface area contributed by atoms with Gasteiger partial charge in [0.25, 0.3) is 0 Å². The smallest absolute Gasteiger partial charge is 0.317 e. The summed E-state index contributed by atoms with van der Waals surface area (Å²) in [6, 6.07) is 0.137. The number of carbonyl (C=O) groups is 2. The third kappa shape index (κ3) is 4.61. The fraction of sp³-hybridized carbons (Fsp3) is 0.875. The van der Waals surface area contributed by atoms with Gasteiger partial charge in [-0.05, 0) is 44.9 Å². The molecule has 0 unspecified atom stereocenters. The van der Waals surface area contributed by atoms with Crippen molar-refractivity contribution in [1.82, 2.24) is 15.5 Å². The van der Waals surface area contributed by atoms with Crippen molar-refractivity contribution in [1.29, 1.82) is 0 Å². The molecule has 5 nitrogen and oxygen atoms in total. The van der Waals surface area contributed by atoms with Gasteiger partial charge in [-0.2, -0.15) is 0 Å². The lowest BCUT2D eigenvalue weighted by Crippen LogP contribution is -2.47. The number of piperidine rings is 1. The zero-order valence-corrected chi connectivity index (χ0v) is 13.4. The van der Waals surface area contributed by atoms with Crippen LogP contribution in [0.3, 0.4) is 0 Å². The van der Waals surface area contributed by atoms with Gasteiger partial charge >= 0.3 is 6.03 Å². The second-order valence-electron chi connectivity index (χ2n) is 6.90. The van der Waals surface area contributed by atoms with Gasteiger partial charge in [0.2, 0.25) is 5.91 Å². The van der Waals surface area contributed by atoms with Crippen LogP contribution in [0.25, 0.3) is 0 Å². The Hall–Kier alpha value is -1.26. The largest absolute Gasteiger partial charge is 0.354 e. The van der Waals surface area contributed by atoms with E-state index in [0.717, 1.165) is 25.9 Å². The van der Waals surface area contributed by atoms with E-state index in [0.29, 0.717) is 18.4 Å². The van der Waals surface area contributed by atoms with E-state index in [9.17, 15) is 9.59 Å². The van der Waals surface area contributed by atoms with Crippen molar-refractivity contribution in [2.45, 2.75) is 64.8 Å². The van der Waals surface area contributed by atoms with Crippen LogP contribution in [0.1, 0.15) is 58.8 Å². The highest BCUT2D eigenvalue weighted by atomic mass is 16.2. The summed E-state index contributed by atoms with van der Waals surface area (Å²) in [5.74, 6) is -0.00569. The molecule has 120 valence electrons. The molecular formula is C16H29N3O2. The van der Waals surface area contributed by atoms with E-state index < -0.39 is 0 Å². The van der Waals surface area contributed by atoms with E-state index in [2.05, 4.69) is 10.6 Å². The average Bonchev–Trinajstić information content (AvgIpc) is 2.87. The van der Waals surface area contributed by atoms with E-state index >= 15 is 0 Å². The van der Waals surface area contributed by atoms with Gasteiger partial charge in [-0.3, -0.25) is 4.79 Å². The van der Waals surface area contributed by atoms with E-state index in [1.54, 1.807) is 0 Å². The molecule has 2 fully saturated rings. The second kappa shape index (κ2) is 7.14. The third-order valence-corrected chi connectivity index (χ3v) is 4.85. The van der Waals surface area contributed by atoms with Gasteiger partial charge in [0.1, 0.15) is 0 Å². The van der Waals surface area contributed by atoms with E-state index in [4.69, 9.17) is 0 Å². The maximum Gasteiger partial charge on any atom is 0.317 e. The minimum atomic E-state index is -0.0137. The van der Waals surface area contributed by atoms with Crippen LogP contribution in [-0.2, 0) is 4.79 Å². The minimum absolute atomic E-state index is 0.00569. The summed E-state index contributed by atoms with van der Waals surface area (Å²) in [6.45, 7) is 6.01. The highest BCUT2D eigenvalue weighted by molar-refractivity contribution is 5.78. The Morgan fingerprint density at radius 1 is 1.10 bits per heavy atom. The lowest BCUT2D eigenvalue weighted by Gasteiger charge is -2.39. The number of hydrogen-bond acceptors (Lipinski definition) is 2. The molecule has 21 heavy (non-hydrogen) atoms. The van der Waals surface area contributed by atoms with Crippen LogP contribution in [0.15, 0.2) is 0 Å². The number of amides is 3. The lowest BCUT2D eigenvalue weighted by atomic mass is 9.77. The molecule has 0 bridgehead atoms. The van der Waals surface area contributed by atoms with Gasteiger partial charge in [0.05, 0.1) is 0 Å². The summed E-state index contributed by atoms with van der Waals surface area (Å²) < 4.78 is 0. The first-order valence-corrected chi connectivity index (χ1v) is 8.33. The molecule has 0 atom stereocenters. The first kappa shape index (κ1) is 16.1. The van der Waals surface area contributed by atoms with Crippen LogP contribution in [0.5, 0.6) is 0 Å². The number of hydrogen-bond donors (Lipinski definition) is 2. The molecule has 1 aliphatic carbocycles. The normalized spacial score (nSPS) is 20.8. The monoisotopic (exact) mass is 295 g/mol. The van der Waals surface area contributed by atoms with E-state index in [1.807, 2.05) is 18.7 Å². The summed E-state index contributed by atoms with van der Waals surface area (Å²) in [4.78, 5) is 25.5. The first-order valence-electron chi connectivity index (χ1n) is 8.33. The van der Waals surface area contributed by atoms with Crippen LogP contribution >= 0.6 is 0 Å². The number of nitrogens with one attached hydrogen (secondary N) is 2. The quantitative estimate of drug-likeness (QED) is 0.836. The van der Waals surface area contributed by atoms with Crippen LogP contribution < -0.4 is 10.6 Å². The molecule has 0 aromatic heterocycles. The molecule has 1 heterocycles. The second-order valence-corrected chi connectivity index (χ2v) is 6.90. The zero-order chi connectivity index (χ0) is 15.3. The molecule has 0 aromatic carbocycles. The molecular weight excluding hydrogens is 266 g/mol. The molecule has 1 saturated carbocycles. The third-order valence-electron chi connectivity index (χ3n) is 4.85. The van der Waals surface area contributed by atoms with Crippen molar-refractivity contribution in [3.05, 3.63) is 0 Å². The molecule has 0 aromatic rings. The van der Waals surface area contributed by atoms with Gasteiger partial charge in [-0.1, -0.05) is 12.8 Å². The fourth-order valence-electron chi connectivity index (χ4n) is 3.60. The first-order chi connectivity index (χ1) is 10.0. The topological polar surface area (TPSA) is 61.4 Å². The molecule has 1 spiro atoms. The summed E-state index contributed by atoms with van der Waals surface area (Å²) in [6.07, 6.45) is 8.05. The zero-order valence-electron chi connectivity index (χ0n) is 13.4. The highest BCUT2D eigenvalue weighted by Gasteiger charge is 2.37. The van der Waals surface area contributed by atoms with Gasteiger partial charge < -0.3 is 15.5 Å². The van der Waals surface area contributed by atoms with Gasteiger partial charge in [0.15, 0.2) is 0 Å². The number of carbonyl (C=O) groups excluding carboxylic acids is 2. The van der Waals surface area contributed by atoms with Crippen LogP contribution in [0, 0.1) is 5.41 Å². The van der Waals surface area contributed by atoms with Crippen molar-refractivity contribution in [3.63, 3.8) is 0 Å². The van der Waals surface area contributed by atoms with Gasteiger partial charge in [0, 0.05) is 32.1 Å². The minimum Gasteiger partial charge on any atom is -0.354 e. The van der Waals surface area contributed by atoms with Gasteiger partial charge in [-0.25, -0.2) is 4.79 Å². The van der Waals surface area contributed by atoms with Crippen LogP contribution in [0.2, 0.25) is 0 Å². The maximum atomic E-state index is 12.1. The Kier molecular flexibility index (Phi) is 5.48.